The molecule has 0 bridgehead atoms. The second-order valence-corrected chi connectivity index (χ2v) is 8.22. The maximum Gasteiger partial charge on any atom is 0.419 e. The van der Waals surface area contributed by atoms with Crippen molar-refractivity contribution < 1.29 is 22.4 Å². The number of carbonyl (C=O) groups excluding carboxylic acids is 1. The summed E-state index contributed by atoms with van der Waals surface area (Å²) in [6, 6.07) is 11.1. The maximum atomic E-state index is 14.4. The Hall–Kier alpha value is -3.57. The zero-order chi connectivity index (χ0) is 24.5. The van der Waals surface area contributed by atoms with Gasteiger partial charge in [-0.05, 0) is 54.9 Å². The molecule has 0 radical (unpaired) electrons. The number of aryl methyl sites for hydroxylation is 1. The van der Waals surface area contributed by atoms with Crippen LogP contribution in [0.1, 0.15) is 21.6 Å². The molecule has 6 nitrogen and oxygen atoms in total. The summed E-state index contributed by atoms with van der Waals surface area (Å²) in [5, 5.41) is 7.20. The molecule has 0 aliphatic heterocycles. The summed E-state index contributed by atoms with van der Waals surface area (Å²) in [5.41, 5.74) is -0.0425. The number of aromatic nitrogens is 3. The van der Waals surface area contributed by atoms with Crippen LogP contribution in [0.4, 0.5) is 34.2 Å². The molecule has 2 aromatic carbocycles. The molecular weight excluding hydrogens is 494 g/mol. The van der Waals surface area contributed by atoms with Crippen LogP contribution in [0.2, 0.25) is 5.28 Å². The van der Waals surface area contributed by atoms with Gasteiger partial charge in [-0.2, -0.15) is 13.2 Å². The van der Waals surface area contributed by atoms with Crippen LogP contribution < -0.4 is 10.6 Å². The smallest absolute Gasteiger partial charge is 0.340 e. The van der Waals surface area contributed by atoms with E-state index >= 15 is 0 Å². The SMILES string of the molecule is Cc1cc(Nc2ccc(C(=O)Nc3nc(-c4cccc(C(F)(F)F)c4F)cs3)cc2)nc(Cl)n1. The van der Waals surface area contributed by atoms with E-state index in [2.05, 4.69) is 25.6 Å². The number of hydrogen-bond acceptors (Lipinski definition) is 6. The Morgan fingerprint density at radius 3 is 2.47 bits per heavy atom. The topological polar surface area (TPSA) is 79.8 Å². The van der Waals surface area contributed by atoms with Crippen molar-refractivity contribution in [3.05, 3.63) is 81.8 Å². The molecule has 174 valence electrons. The first-order valence-electron chi connectivity index (χ1n) is 9.61. The molecule has 0 spiro atoms. The Labute approximate surface area is 199 Å². The van der Waals surface area contributed by atoms with Crippen LogP contribution in [-0.4, -0.2) is 20.9 Å². The Morgan fingerprint density at radius 2 is 1.79 bits per heavy atom. The molecule has 2 heterocycles. The standard InChI is InChI=1S/C22H14ClF4N5OS/c1-11-9-17(31-20(23)28-11)29-13-7-5-12(6-8-13)19(33)32-21-30-16(10-34-21)14-3-2-4-15(18(14)24)22(25,26)27/h2-10H,1H3,(H,28,29,31)(H,30,32,33). The average Bonchev–Trinajstić information content (AvgIpc) is 3.21. The Morgan fingerprint density at radius 1 is 1.06 bits per heavy atom. The lowest BCUT2D eigenvalue weighted by Gasteiger charge is -2.09. The van der Waals surface area contributed by atoms with E-state index in [9.17, 15) is 22.4 Å². The van der Waals surface area contributed by atoms with Crippen LogP contribution >= 0.6 is 22.9 Å². The van der Waals surface area contributed by atoms with Crippen LogP contribution in [0.3, 0.4) is 0 Å². The predicted octanol–water partition coefficient (Wildman–Crippen LogP) is 6.72. The Bertz CT molecular complexity index is 1340. The number of nitrogens with zero attached hydrogens (tertiary/aromatic N) is 3. The highest BCUT2D eigenvalue weighted by Gasteiger charge is 2.35. The minimum atomic E-state index is -4.83. The van der Waals surface area contributed by atoms with Crippen molar-refractivity contribution in [1.82, 2.24) is 15.0 Å². The zero-order valence-corrected chi connectivity index (χ0v) is 18.8. The van der Waals surface area contributed by atoms with Gasteiger partial charge >= 0.3 is 6.18 Å². The van der Waals surface area contributed by atoms with E-state index < -0.39 is 23.5 Å². The number of rotatable bonds is 5. The first kappa shape index (κ1) is 23.6. The molecule has 0 saturated carbocycles. The number of hydrogen-bond donors (Lipinski definition) is 2. The van der Waals surface area contributed by atoms with E-state index in [4.69, 9.17) is 11.6 Å². The van der Waals surface area contributed by atoms with E-state index in [0.717, 1.165) is 17.4 Å². The molecule has 34 heavy (non-hydrogen) atoms. The number of amides is 1. The maximum absolute atomic E-state index is 14.4. The highest BCUT2D eigenvalue weighted by Crippen LogP contribution is 2.36. The van der Waals surface area contributed by atoms with Crippen LogP contribution in [0, 0.1) is 12.7 Å². The summed E-state index contributed by atoms with van der Waals surface area (Å²) >= 11 is 6.81. The normalized spacial score (nSPS) is 11.4. The van der Waals surface area contributed by atoms with Gasteiger partial charge < -0.3 is 5.32 Å². The molecule has 0 aliphatic rings. The second-order valence-electron chi connectivity index (χ2n) is 7.02. The lowest BCUT2D eigenvalue weighted by Crippen LogP contribution is -2.11. The summed E-state index contributed by atoms with van der Waals surface area (Å²) < 4.78 is 53.3. The molecule has 1 amide bonds. The molecule has 12 heteroatoms. The van der Waals surface area contributed by atoms with Gasteiger partial charge in [-0.15, -0.1) is 11.3 Å². The summed E-state index contributed by atoms with van der Waals surface area (Å²) in [4.78, 5) is 24.6. The van der Waals surface area contributed by atoms with Gasteiger partial charge in [0.15, 0.2) is 5.13 Å². The molecule has 2 aromatic heterocycles. The third kappa shape index (κ3) is 5.32. The van der Waals surface area contributed by atoms with E-state index in [1.807, 2.05) is 0 Å². The molecule has 0 aliphatic carbocycles. The number of alkyl halides is 3. The van der Waals surface area contributed by atoms with E-state index in [1.54, 1.807) is 37.3 Å². The number of halogens is 5. The Kier molecular flexibility index (Phi) is 6.49. The molecule has 4 rings (SSSR count). The highest BCUT2D eigenvalue weighted by atomic mass is 35.5. The van der Waals surface area contributed by atoms with Crippen molar-refractivity contribution in [2.45, 2.75) is 13.1 Å². The van der Waals surface area contributed by atoms with Crippen LogP contribution in [-0.2, 0) is 6.18 Å². The van der Waals surface area contributed by atoms with Gasteiger partial charge in [0.25, 0.3) is 5.91 Å². The largest absolute Gasteiger partial charge is 0.419 e. The van der Waals surface area contributed by atoms with Crippen molar-refractivity contribution >= 4 is 45.5 Å². The van der Waals surface area contributed by atoms with Gasteiger partial charge in [-0.25, -0.2) is 19.3 Å². The van der Waals surface area contributed by atoms with Gasteiger partial charge in [0.1, 0.15) is 11.6 Å². The van der Waals surface area contributed by atoms with Gasteiger partial charge in [-0.1, -0.05) is 6.07 Å². The van der Waals surface area contributed by atoms with Crippen molar-refractivity contribution in [3.63, 3.8) is 0 Å². The highest BCUT2D eigenvalue weighted by molar-refractivity contribution is 7.14. The Balaban J connectivity index is 1.46. The van der Waals surface area contributed by atoms with Crippen LogP contribution in [0.25, 0.3) is 11.3 Å². The van der Waals surface area contributed by atoms with Gasteiger partial charge in [0.2, 0.25) is 5.28 Å². The summed E-state index contributed by atoms with van der Waals surface area (Å²) in [6.07, 6.45) is -4.83. The molecule has 0 atom stereocenters. The van der Waals surface area contributed by atoms with Crippen molar-refractivity contribution in [2.24, 2.45) is 0 Å². The first-order valence-corrected chi connectivity index (χ1v) is 10.9. The third-order valence-electron chi connectivity index (χ3n) is 4.55. The number of anilines is 3. The van der Waals surface area contributed by atoms with E-state index in [0.29, 0.717) is 28.8 Å². The molecule has 0 fully saturated rings. The number of nitrogens with one attached hydrogen (secondary N) is 2. The summed E-state index contributed by atoms with van der Waals surface area (Å²) in [5.74, 6) is -1.41. The van der Waals surface area contributed by atoms with Crippen LogP contribution in [0.5, 0.6) is 0 Å². The second kappa shape index (κ2) is 9.35. The summed E-state index contributed by atoms with van der Waals surface area (Å²) in [7, 11) is 0. The minimum absolute atomic E-state index is 0.0118. The zero-order valence-electron chi connectivity index (χ0n) is 17.2. The fourth-order valence-electron chi connectivity index (χ4n) is 3.02. The molecular formula is C22H14ClF4N5OS. The molecule has 4 aromatic rings. The lowest BCUT2D eigenvalue weighted by molar-refractivity contribution is -0.139. The summed E-state index contributed by atoms with van der Waals surface area (Å²) in [6.45, 7) is 1.78. The molecule has 2 N–H and O–H groups in total. The number of benzene rings is 2. The lowest BCUT2D eigenvalue weighted by atomic mass is 10.1. The van der Waals surface area contributed by atoms with Gasteiger partial charge in [0, 0.05) is 34.0 Å². The fourth-order valence-corrected chi connectivity index (χ4v) is 3.95. The monoisotopic (exact) mass is 507 g/mol. The first-order chi connectivity index (χ1) is 16.1. The fraction of sp³-hybridized carbons (Fsp3) is 0.0909. The van der Waals surface area contributed by atoms with Crippen molar-refractivity contribution in [2.75, 3.05) is 10.6 Å². The molecule has 0 unspecified atom stereocenters. The quantitative estimate of drug-likeness (QED) is 0.232. The predicted molar refractivity (Wildman–Crippen MR) is 122 cm³/mol. The van der Waals surface area contributed by atoms with Crippen LogP contribution in [0.15, 0.2) is 53.9 Å². The van der Waals surface area contributed by atoms with Gasteiger partial charge in [-0.3, -0.25) is 10.1 Å². The van der Waals surface area contributed by atoms with Crippen molar-refractivity contribution in [3.8, 4) is 11.3 Å². The average molecular weight is 508 g/mol. The van der Waals surface area contributed by atoms with Gasteiger partial charge in [0.05, 0.1) is 11.3 Å². The number of thiazole rings is 1. The number of carbonyl (C=O) groups is 1. The van der Waals surface area contributed by atoms with E-state index in [1.165, 1.54) is 11.4 Å². The minimum Gasteiger partial charge on any atom is -0.340 e. The third-order valence-corrected chi connectivity index (χ3v) is 5.48. The van der Waals surface area contributed by atoms with E-state index in [-0.39, 0.29) is 21.7 Å². The van der Waals surface area contributed by atoms with Crippen molar-refractivity contribution in [1.29, 1.82) is 0 Å². The molecule has 0 saturated heterocycles.